The number of hydrogen-bond donors (Lipinski definition) is 1. The van der Waals surface area contributed by atoms with Crippen molar-refractivity contribution in [3.63, 3.8) is 0 Å². The van der Waals surface area contributed by atoms with Gasteiger partial charge >= 0.3 is 0 Å². The van der Waals surface area contributed by atoms with E-state index in [0.29, 0.717) is 24.6 Å². The Kier molecular flexibility index (Phi) is 6.06. The van der Waals surface area contributed by atoms with Crippen molar-refractivity contribution in [2.45, 2.75) is 13.0 Å². The SMILES string of the molecule is O=C(NCCCN1CCOCC1)c1ccc(Cn2cc(Br)cn2)o1. The number of rotatable bonds is 7. The molecule has 1 amide bonds. The van der Waals surface area contributed by atoms with Crippen molar-refractivity contribution in [1.82, 2.24) is 20.0 Å². The summed E-state index contributed by atoms with van der Waals surface area (Å²) in [5.74, 6) is 0.858. The molecule has 8 heteroatoms. The van der Waals surface area contributed by atoms with Crippen molar-refractivity contribution in [3.8, 4) is 0 Å². The van der Waals surface area contributed by atoms with E-state index in [1.54, 1.807) is 23.0 Å². The number of aromatic nitrogens is 2. The number of morpholine rings is 1. The zero-order valence-electron chi connectivity index (χ0n) is 13.4. The maximum Gasteiger partial charge on any atom is 0.286 e. The molecule has 0 saturated carbocycles. The summed E-state index contributed by atoms with van der Waals surface area (Å²) in [6, 6.07) is 3.50. The van der Waals surface area contributed by atoms with Gasteiger partial charge in [0.15, 0.2) is 5.76 Å². The van der Waals surface area contributed by atoms with E-state index in [-0.39, 0.29) is 5.91 Å². The first-order valence-electron chi connectivity index (χ1n) is 8.06. The summed E-state index contributed by atoms with van der Waals surface area (Å²) in [5, 5.41) is 7.07. The van der Waals surface area contributed by atoms with Gasteiger partial charge in [-0.2, -0.15) is 5.10 Å². The van der Waals surface area contributed by atoms with Crippen LogP contribution < -0.4 is 5.32 Å². The number of nitrogens with zero attached hydrogens (tertiary/aromatic N) is 3. The lowest BCUT2D eigenvalue weighted by molar-refractivity contribution is 0.0374. The summed E-state index contributed by atoms with van der Waals surface area (Å²) >= 11 is 3.35. The summed E-state index contributed by atoms with van der Waals surface area (Å²) in [5.41, 5.74) is 0. The summed E-state index contributed by atoms with van der Waals surface area (Å²) in [4.78, 5) is 14.4. The van der Waals surface area contributed by atoms with Gasteiger partial charge in [0.2, 0.25) is 0 Å². The average molecular weight is 397 g/mol. The Morgan fingerprint density at radius 3 is 2.92 bits per heavy atom. The monoisotopic (exact) mass is 396 g/mol. The third kappa shape index (κ3) is 4.93. The molecule has 1 fully saturated rings. The van der Waals surface area contributed by atoms with Crippen LogP contribution in [-0.2, 0) is 11.3 Å². The van der Waals surface area contributed by atoms with Crippen LogP contribution in [0.4, 0.5) is 0 Å². The zero-order valence-corrected chi connectivity index (χ0v) is 15.0. The van der Waals surface area contributed by atoms with Gasteiger partial charge in [-0.25, -0.2) is 0 Å². The third-order valence-electron chi connectivity index (χ3n) is 3.85. The Labute approximate surface area is 149 Å². The molecule has 0 radical (unpaired) electrons. The summed E-state index contributed by atoms with van der Waals surface area (Å²) in [7, 11) is 0. The molecule has 0 spiro atoms. The molecule has 0 aliphatic carbocycles. The van der Waals surface area contributed by atoms with Crippen LogP contribution in [0.3, 0.4) is 0 Å². The van der Waals surface area contributed by atoms with Crippen molar-refractivity contribution in [3.05, 3.63) is 40.5 Å². The first-order valence-corrected chi connectivity index (χ1v) is 8.85. The maximum absolute atomic E-state index is 12.1. The second kappa shape index (κ2) is 8.46. The topological polar surface area (TPSA) is 72.5 Å². The molecule has 3 heterocycles. The molecule has 0 bridgehead atoms. The van der Waals surface area contributed by atoms with Crippen LogP contribution in [-0.4, -0.2) is 60.0 Å². The van der Waals surface area contributed by atoms with Gasteiger partial charge in [0.1, 0.15) is 5.76 Å². The molecular formula is C16H21BrN4O3. The zero-order chi connectivity index (χ0) is 16.8. The Bertz CT molecular complexity index is 664. The number of nitrogens with one attached hydrogen (secondary N) is 1. The highest BCUT2D eigenvalue weighted by Crippen LogP contribution is 2.12. The Balaban J connectivity index is 1.40. The second-order valence-electron chi connectivity index (χ2n) is 5.69. The number of hydrogen-bond acceptors (Lipinski definition) is 5. The van der Waals surface area contributed by atoms with Gasteiger partial charge in [-0.3, -0.25) is 14.4 Å². The van der Waals surface area contributed by atoms with E-state index >= 15 is 0 Å². The minimum atomic E-state index is -0.176. The largest absolute Gasteiger partial charge is 0.454 e. The fraction of sp³-hybridized carbons (Fsp3) is 0.500. The number of carbonyl (C=O) groups is 1. The number of halogens is 1. The van der Waals surface area contributed by atoms with Gasteiger partial charge in [-0.1, -0.05) is 0 Å². The van der Waals surface area contributed by atoms with Crippen molar-refractivity contribution < 1.29 is 13.9 Å². The van der Waals surface area contributed by atoms with Crippen molar-refractivity contribution in [2.24, 2.45) is 0 Å². The fourth-order valence-electron chi connectivity index (χ4n) is 2.59. The molecule has 2 aromatic heterocycles. The third-order valence-corrected chi connectivity index (χ3v) is 4.25. The van der Waals surface area contributed by atoms with Gasteiger partial charge in [0, 0.05) is 25.8 Å². The molecule has 0 aromatic carbocycles. The van der Waals surface area contributed by atoms with E-state index in [0.717, 1.165) is 43.7 Å². The lowest BCUT2D eigenvalue weighted by Crippen LogP contribution is -2.38. The smallest absolute Gasteiger partial charge is 0.286 e. The standard InChI is InChI=1S/C16H21BrN4O3/c17-13-10-19-21(11-13)12-14-2-3-15(24-14)16(22)18-4-1-5-20-6-8-23-9-7-20/h2-3,10-11H,1,4-9,12H2,(H,18,22). The van der Waals surface area contributed by atoms with Crippen LogP contribution >= 0.6 is 15.9 Å². The summed E-state index contributed by atoms with van der Waals surface area (Å²) in [6.45, 7) is 5.65. The van der Waals surface area contributed by atoms with Crippen LogP contribution in [0.15, 0.2) is 33.4 Å². The van der Waals surface area contributed by atoms with Gasteiger partial charge in [-0.05, 0) is 41.0 Å². The van der Waals surface area contributed by atoms with Crippen molar-refractivity contribution >= 4 is 21.8 Å². The van der Waals surface area contributed by atoms with Gasteiger partial charge in [0.05, 0.1) is 30.4 Å². The first-order chi connectivity index (χ1) is 11.7. The molecule has 1 aliphatic rings. The van der Waals surface area contributed by atoms with E-state index in [1.807, 2.05) is 6.20 Å². The minimum absolute atomic E-state index is 0.176. The number of amides is 1. The lowest BCUT2D eigenvalue weighted by atomic mass is 10.3. The lowest BCUT2D eigenvalue weighted by Gasteiger charge is -2.26. The summed E-state index contributed by atoms with van der Waals surface area (Å²) in [6.07, 6.45) is 4.49. The second-order valence-corrected chi connectivity index (χ2v) is 6.60. The molecule has 1 N–H and O–H groups in total. The van der Waals surface area contributed by atoms with E-state index in [9.17, 15) is 4.79 Å². The molecular weight excluding hydrogens is 376 g/mol. The van der Waals surface area contributed by atoms with E-state index in [2.05, 4.69) is 31.2 Å². The Morgan fingerprint density at radius 1 is 1.33 bits per heavy atom. The molecule has 1 aliphatic heterocycles. The molecule has 7 nitrogen and oxygen atoms in total. The van der Waals surface area contributed by atoms with Crippen LogP contribution in [0.5, 0.6) is 0 Å². The Morgan fingerprint density at radius 2 is 2.17 bits per heavy atom. The number of carbonyl (C=O) groups excluding carboxylic acids is 1. The molecule has 0 atom stereocenters. The molecule has 24 heavy (non-hydrogen) atoms. The predicted octanol–water partition coefficient (Wildman–Crippen LogP) is 1.74. The molecule has 1 saturated heterocycles. The Hall–Kier alpha value is -1.64. The van der Waals surface area contributed by atoms with Crippen LogP contribution in [0.25, 0.3) is 0 Å². The normalized spacial score (nSPS) is 15.5. The average Bonchev–Trinajstić information content (AvgIpc) is 3.22. The quantitative estimate of drug-likeness (QED) is 0.721. The summed E-state index contributed by atoms with van der Waals surface area (Å²) < 4.78 is 13.6. The van der Waals surface area contributed by atoms with Gasteiger partial charge in [0.25, 0.3) is 5.91 Å². The highest BCUT2D eigenvalue weighted by atomic mass is 79.9. The molecule has 0 unspecified atom stereocenters. The minimum Gasteiger partial charge on any atom is -0.454 e. The molecule has 3 rings (SSSR count). The van der Waals surface area contributed by atoms with Gasteiger partial charge < -0.3 is 14.5 Å². The van der Waals surface area contributed by atoms with E-state index < -0.39 is 0 Å². The predicted molar refractivity (Wildman–Crippen MR) is 91.9 cm³/mol. The first kappa shape index (κ1) is 17.2. The molecule has 2 aromatic rings. The number of ether oxygens (including phenoxy) is 1. The maximum atomic E-state index is 12.1. The van der Waals surface area contributed by atoms with E-state index in [1.165, 1.54) is 0 Å². The van der Waals surface area contributed by atoms with Crippen LogP contribution in [0.1, 0.15) is 22.7 Å². The molecule has 130 valence electrons. The van der Waals surface area contributed by atoms with E-state index in [4.69, 9.17) is 9.15 Å². The van der Waals surface area contributed by atoms with Crippen LogP contribution in [0.2, 0.25) is 0 Å². The van der Waals surface area contributed by atoms with Crippen molar-refractivity contribution in [1.29, 1.82) is 0 Å². The van der Waals surface area contributed by atoms with Crippen LogP contribution in [0, 0.1) is 0 Å². The van der Waals surface area contributed by atoms with Crippen molar-refractivity contribution in [2.75, 3.05) is 39.4 Å². The highest BCUT2D eigenvalue weighted by Gasteiger charge is 2.12. The highest BCUT2D eigenvalue weighted by molar-refractivity contribution is 9.10. The van der Waals surface area contributed by atoms with Gasteiger partial charge in [-0.15, -0.1) is 0 Å². The fourth-order valence-corrected chi connectivity index (χ4v) is 2.91. The number of furan rings is 1.